The van der Waals surface area contributed by atoms with Gasteiger partial charge >= 0.3 is 0 Å². The van der Waals surface area contributed by atoms with E-state index < -0.39 is 5.54 Å². The minimum absolute atomic E-state index is 0.0708. The molecule has 1 unspecified atom stereocenters. The fourth-order valence-electron chi connectivity index (χ4n) is 2.93. The average molecular weight is 512 g/mol. The van der Waals surface area contributed by atoms with Crippen molar-refractivity contribution in [2.75, 3.05) is 18.1 Å². The molecule has 11 heteroatoms. The molecule has 1 aliphatic rings. The molecule has 0 saturated heterocycles. The molecule has 2 heterocycles. The molecule has 33 heavy (non-hydrogen) atoms. The minimum atomic E-state index is -0.800. The number of nitrogens with zero attached hydrogens (tertiary/aromatic N) is 2. The molecule has 0 aromatic carbocycles. The number of carbonyl (C=O) groups is 3. The van der Waals surface area contributed by atoms with Crippen molar-refractivity contribution in [1.29, 1.82) is 0 Å². The molecular formula is C22H33N5O3S3. The lowest BCUT2D eigenvalue weighted by Crippen LogP contribution is -2.44. The van der Waals surface area contributed by atoms with E-state index in [1.807, 2.05) is 24.5 Å². The summed E-state index contributed by atoms with van der Waals surface area (Å²) in [5.41, 5.74) is -0.0769. The molecule has 3 N–H and O–H groups in total. The zero-order valence-corrected chi connectivity index (χ0v) is 22.0. The van der Waals surface area contributed by atoms with Crippen molar-refractivity contribution in [2.24, 2.45) is 10.9 Å². The summed E-state index contributed by atoms with van der Waals surface area (Å²) in [6, 6.07) is -0.363. The van der Waals surface area contributed by atoms with Gasteiger partial charge in [-0.15, -0.1) is 23.1 Å². The summed E-state index contributed by atoms with van der Waals surface area (Å²) in [6.07, 6.45) is 4.64. The Morgan fingerprint density at radius 2 is 2.06 bits per heavy atom. The third-order valence-corrected chi connectivity index (χ3v) is 7.05. The van der Waals surface area contributed by atoms with Gasteiger partial charge in [-0.25, -0.2) is 4.98 Å². The van der Waals surface area contributed by atoms with Crippen LogP contribution >= 0.6 is 35.7 Å². The van der Waals surface area contributed by atoms with Crippen LogP contribution in [0, 0.1) is 5.92 Å². The lowest BCUT2D eigenvalue weighted by molar-refractivity contribution is -0.125. The topological polar surface area (TPSA) is 113 Å². The maximum Gasteiger partial charge on any atom is 0.248 e. The van der Waals surface area contributed by atoms with Gasteiger partial charge in [0.15, 0.2) is 0 Å². The molecule has 0 spiro atoms. The molecular weight excluding hydrogens is 478 g/mol. The maximum atomic E-state index is 12.5. The van der Waals surface area contributed by atoms with E-state index in [1.165, 1.54) is 30.0 Å². The van der Waals surface area contributed by atoms with E-state index in [0.29, 0.717) is 30.5 Å². The number of amides is 3. The molecule has 2 rings (SSSR count). The van der Waals surface area contributed by atoms with Crippen molar-refractivity contribution in [2.45, 2.75) is 58.7 Å². The third kappa shape index (κ3) is 9.13. The first-order valence-corrected chi connectivity index (χ1v) is 13.4. The highest BCUT2D eigenvalue weighted by Gasteiger charge is 2.38. The molecule has 2 atom stereocenters. The molecule has 0 fully saturated rings. The van der Waals surface area contributed by atoms with Gasteiger partial charge in [0.25, 0.3) is 0 Å². The van der Waals surface area contributed by atoms with Crippen molar-refractivity contribution >= 4 is 58.5 Å². The quantitative estimate of drug-likeness (QED) is 0.255. The molecule has 182 valence electrons. The lowest BCUT2D eigenvalue weighted by atomic mass is 10.1. The lowest BCUT2D eigenvalue weighted by Gasteiger charge is -2.19. The van der Waals surface area contributed by atoms with Gasteiger partial charge in [0.1, 0.15) is 21.3 Å². The van der Waals surface area contributed by atoms with Crippen LogP contribution in [0.25, 0.3) is 0 Å². The first-order valence-electron chi connectivity index (χ1n) is 10.9. The van der Waals surface area contributed by atoms with Crippen molar-refractivity contribution in [3.05, 3.63) is 28.2 Å². The first kappa shape index (κ1) is 27.4. The standard InChI is InChI=1S/C22H33N5O3S3/c1-14(2)10-24-21(30)22(4)13-33-20(27-22)17-12-32-19(26-17)11-23-18(29)9-16(25-15(3)28)7-5-6-8-31/h5,7,12,14,16,31H,6,8-11,13H2,1-4H3,(H,23,29)(H,24,30)(H,25,28)/b7-5+/t16?,22-/m0/s1. The number of hydrogen-bond donors (Lipinski definition) is 4. The molecule has 3 amide bonds. The Morgan fingerprint density at radius 1 is 1.30 bits per heavy atom. The maximum absolute atomic E-state index is 12.5. The summed E-state index contributed by atoms with van der Waals surface area (Å²) in [5, 5.41) is 12.0. The number of aliphatic imine (C=N–C) groups is 1. The normalized spacial score (nSPS) is 18.9. The smallest absolute Gasteiger partial charge is 0.248 e. The Bertz CT molecular complexity index is 900. The fraction of sp³-hybridized carbons (Fsp3) is 0.591. The van der Waals surface area contributed by atoms with E-state index in [2.05, 4.69) is 52.4 Å². The monoisotopic (exact) mass is 511 g/mol. The number of rotatable bonds is 12. The summed E-state index contributed by atoms with van der Waals surface area (Å²) in [4.78, 5) is 45.5. The first-order chi connectivity index (χ1) is 15.6. The van der Waals surface area contributed by atoms with Crippen LogP contribution in [0.4, 0.5) is 0 Å². The van der Waals surface area contributed by atoms with E-state index in [0.717, 1.165) is 22.2 Å². The molecule has 8 nitrogen and oxygen atoms in total. The Labute approximate surface area is 209 Å². The number of thioether (sulfide) groups is 1. The zero-order chi connectivity index (χ0) is 24.4. The van der Waals surface area contributed by atoms with Gasteiger partial charge in [0.05, 0.1) is 19.0 Å². The second-order valence-corrected chi connectivity index (χ2v) is 10.8. The van der Waals surface area contributed by atoms with Gasteiger partial charge in [-0.3, -0.25) is 19.4 Å². The van der Waals surface area contributed by atoms with E-state index in [1.54, 1.807) is 0 Å². The SMILES string of the molecule is CC(=O)NC(/C=C/CCS)CC(=O)NCc1nc(C2=N[C@](C)(C(=O)NCC(C)C)CS2)cs1. The Hall–Kier alpha value is -1.85. The van der Waals surface area contributed by atoms with Crippen molar-refractivity contribution < 1.29 is 14.4 Å². The van der Waals surface area contributed by atoms with Gasteiger partial charge < -0.3 is 16.0 Å². The minimum Gasteiger partial charge on any atom is -0.354 e. The predicted octanol–water partition coefficient (Wildman–Crippen LogP) is 2.55. The molecule has 0 aliphatic carbocycles. The number of nitrogens with one attached hydrogen (secondary N) is 3. The summed E-state index contributed by atoms with van der Waals surface area (Å²) in [5.74, 6) is 1.21. The van der Waals surface area contributed by atoms with Crippen LogP contribution in [0.5, 0.6) is 0 Å². The Kier molecular flexibility index (Phi) is 10.9. The van der Waals surface area contributed by atoms with Gasteiger partial charge in [0.2, 0.25) is 17.7 Å². The van der Waals surface area contributed by atoms with Gasteiger partial charge in [0, 0.05) is 24.6 Å². The van der Waals surface area contributed by atoms with E-state index in [9.17, 15) is 14.4 Å². The van der Waals surface area contributed by atoms with Crippen LogP contribution in [0.1, 0.15) is 51.2 Å². The number of thiol groups is 1. The van der Waals surface area contributed by atoms with Crippen LogP contribution in [0.3, 0.4) is 0 Å². The highest BCUT2D eigenvalue weighted by molar-refractivity contribution is 8.14. The summed E-state index contributed by atoms with van der Waals surface area (Å²) in [6.45, 7) is 8.29. The summed E-state index contributed by atoms with van der Waals surface area (Å²) < 4.78 is 0. The molecule has 1 aromatic rings. The van der Waals surface area contributed by atoms with Crippen LogP contribution in [0.2, 0.25) is 0 Å². The van der Waals surface area contributed by atoms with Crippen LogP contribution < -0.4 is 16.0 Å². The highest BCUT2D eigenvalue weighted by atomic mass is 32.2. The molecule has 0 radical (unpaired) electrons. The molecule has 1 aromatic heterocycles. The van der Waals surface area contributed by atoms with Crippen LogP contribution in [-0.4, -0.2) is 57.4 Å². The van der Waals surface area contributed by atoms with Gasteiger partial charge in [-0.05, 0) is 25.0 Å². The zero-order valence-electron chi connectivity index (χ0n) is 19.5. The van der Waals surface area contributed by atoms with E-state index >= 15 is 0 Å². The predicted molar refractivity (Wildman–Crippen MR) is 139 cm³/mol. The molecule has 0 bridgehead atoms. The summed E-state index contributed by atoms with van der Waals surface area (Å²) >= 11 is 7.11. The third-order valence-electron chi connectivity index (χ3n) is 4.66. The van der Waals surface area contributed by atoms with Crippen molar-refractivity contribution in [3.8, 4) is 0 Å². The van der Waals surface area contributed by atoms with Gasteiger partial charge in [-0.2, -0.15) is 12.6 Å². The summed E-state index contributed by atoms with van der Waals surface area (Å²) in [7, 11) is 0. The van der Waals surface area contributed by atoms with Crippen molar-refractivity contribution in [1.82, 2.24) is 20.9 Å². The highest BCUT2D eigenvalue weighted by Crippen LogP contribution is 2.31. The molecule has 1 aliphatic heterocycles. The van der Waals surface area contributed by atoms with E-state index in [4.69, 9.17) is 0 Å². The number of thiazole rings is 1. The van der Waals surface area contributed by atoms with E-state index in [-0.39, 0.29) is 30.2 Å². The second kappa shape index (κ2) is 13.1. The Morgan fingerprint density at radius 3 is 2.73 bits per heavy atom. The van der Waals surface area contributed by atoms with Crippen molar-refractivity contribution in [3.63, 3.8) is 0 Å². The fourth-order valence-corrected chi connectivity index (χ4v) is 5.01. The van der Waals surface area contributed by atoms with Crippen LogP contribution in [-0.2, 0) is 20.9 Å². The van der Waals surface area contributed by atoms with Crippen LogP contribution in [0.15, 0.2) is 22.5 Å². The van der Waals surface area contributed by atoms with Gasteiger partial charge in [-0.1, -0.05) is 26.0 Å². The Balaban J connectivity index is 1.91. The average Bonchev–Trinajstić information content (AvgIpc) is 3.37. The number of carbonyl (C=O) groups excluding carboxylic acids is 3. The second-order valence-electron chi connectivity index (χ2n) is 8.44. The largest absolute Gasteiger partial charge is 0.354 e. The number of hydrogen-bond acceptors (Lipinski definition) is 8. The number of allylic oxidation sites excluding steroid dienone is 1. The number of aromatic nitrogens is 1. The molecule has 0 saturated carbocycles.